The Morgan fingerprint density at radius 1 is 1.26 bits per heavy atom. The van der Waals surface area contributed by atoms with E-state index in [1.54, 1.807) is 18.5 Å². The molecule has 0 aromatic carbocycles. The summed E-state index contributed by atoms with van der Waals surface area (Å²) >= 11 is 0. The number of anilines is 1. The molecule has 1 N–H and O–H groups in total. The minimum absolute atomic E-state index is 0.150. The molecule has 0 spiro atoms. The number of hydrogen-bond donors (Lipinski definition) is 1. The molecule has 0 saturated carbocycles. The Morgan fingerprint density at radius 3 is 2.37 bits per heavy atom. The molecule has 104 valence electrons. The maximum atomic E-state index is 12.6. The van der Waals surface area contributed by atoms with Crippen LogP contribution in [0.25, 0.3) is 0 Å². The fourth-order valence-corrected chi connectivity index (χ4v) is 2.27. The van der Waals surface area contributed by atoms with Gasteiger partial charge in [-0.1, -0.05) is 20.8 Å². The van der Waals surface area contributed by atoms with E-state index in [0.717, 1.165) is 25.9 Å². The van der Waals surface area contributed by atoms with Crippen LogP contribution in [0.15, 0.2) is 18.5 Å². The van der Waals surface area contributed by atoms with Crippen LogP contribution in [0.3, 0.4) is 0 Å². The van der Waals surface area contributed by atoms with Crippen molar-refractivity contribution in [3.05, 3.63) is 18.5 Å². The quantitative estimate of drug-likeness (QED) is 0.904. The molecule has 2 rings (SSSR count). The first kappa shape index (κ1) is 13.8. The van der Waals surface area contributed by atoms with Crippen molar-refractivity contribution in [3.8, 4) is 0 Å². The molecule has 1 fully saturated rings. The van der Waals surface area contributed by atoms with Crippen LogP contribution in [0, 0.1) is 5.41 Å². The zero-order chi connectivity index (χ0) is 13.9. The standard InChI is InChI=1S/C14H22N4O/c1-14(2,3)11(12(19)18-9-4-5-10-18)17-13-15-7-6-8-16-13/h6-8,11H,4-5,9-10H2,1-3H3,(H,15,16,17). The Morgan fingerprint density at radius 2 is 1.84 bits per heavy atom. The van der Waals surface area contributed by atoms with Gasteiger partial charge in [-0.3, -0.25) is 4.79 Å². The van der Waals surface area contributed by atoms with E-state index in [-0.39, 0.29) is 17.4 Å². The summed E-state index contributed by atoms with van der Waals surface area (Å²) in [4.78, 5) is 22.8. The van der Waals surface area contributed by atoms with Crippen LogP contribution >= 0.6 is 0 Å². The Bertz CT molecular complexity index is 421. The number of likely N-dealkylation sites (tertiary alicyclic amines) is 1. The molecule has 1 aliphatic heterocycles. The van der Waals surface area contributed by atoms with Gasteiger partial charge in [0.1, 0.15) is 6.04 Å². The van der Waals surface area contributed by atoms with E-state index < -0.39 is 0 Å². The predicted molar refractivity (Wildman–Crippen MR) is 74.7 cm³/mol. The lowest BCUT2D eigenvalue weighted by Crippen LogP contribution is -2.48. The molecule has 1 amide bonds. The molecule has 0 bridgehead atoms. The maximum absolute atomic E-state index is 12.6. The first-order chi connectivity index (χ1) is 8.98. The minimum atomic E-state index is -0.298. The average molecular weight is 262 g/mol. The fraction of sp³-hybridized carbons (Fsp3) is 0.643. The largest absolute Gasteiger partial charge is 0.342 e. The molecule has 1 aromatic heterocycles. The minimum Gasteiger partial charge on any atom is -0.342 e. The zero-order valence-corrected chi connectivity index (χ0v) is 11.9. The summed E-state index contributed by atoms with van der Waals surface area (Å²) in [5.74, 6) is 0.660. The summed E-state index contributed by atoms with van der Waals surface area (Å²) in [5, 5.41) is 3.18. The topological polar surface area (TPSA) is 58.1 Å². The van der Waals surface area contributed by atoms with Gasteiger partial charge in [-0.05, 0) is 24.3 Å². The van der Waals surface area contributed by atoms with Crippen molar-refractivity contribution in [1.82, 2.24) is 14.9 Å². The van der Waals surface area contributed by atoms with E-state index in [1.807, 2.05) is 4.90 Å². The summed E-state index contributed by atoms with van der Waals surface area (Å²) in [7, 11) is 0. The van der Waals surface area contributed by atoms with Gasteiger partial charge < -0.3 is 10.2 Å². The van der Waals surface area contributed by atoms with Crippen LogP contribution in [0.5, 0.6) is 0 Å². The summed E-state index contributed by atoms with van der Waals surface area (Å²) in [5.41, 5.74) is -0.182. The molecular weight excluding hydrogens is 240 g/mol. The monoisotopic (exact) mass is 262 g/mol. The molecular formula is C14H22N4O. The van der Waals surface area contributed by atoms with Crippen molar-refractivity contribution in [1.29, 1.82) is 0 Å². The van der Waals surface area contributed by atoms with Gasteiger partial charge >= 0.3 is 0 Å². The van der Waals surface area contributed by atoms with Gasteiger partial charge in [0.25, 0.3) is 0 Å². The SMILES string of the molecule is CC(C)(C)C(Nc1ncccn1)C(=O)N1CCCC1. The van der Waals surface area contributed by atoms with Gasteiger partial charge in [0, 0.05) is 25.5 Å². The predicted octanol–water partition coefficient (Wildman–Crippen LogP) is 1.93. The zero-order valence-electron chi connectivity index (χ0n) is 11.9. The summed E-state index contributed by atoms with van der Waals surface area (Å²) in [6, 6.07) is 1.47. The number of rotatable bonds is 3. The smallest absolute Gasteiger partial charge is 0.245 e. The van der Waals surface area contributed by atoms with E-state index in [1.165, 1.54) is 0 Å². The normalized spacial score (nSPS) is 17.3. The molecule has 1 aromatic rings. The summed E-state index contributed by atoms with van der Waals surface area (Å²) in [6.45, 7) is 7.90. The third-order valence-corrected chi connectivity index (χ3v) is 3.37. The number of amides is 1. The van der Waals surface area contributed by atoms with Crippen LogP contribution in [0.1, 0.15) is 33.6 Å². The third kappa shape index (κ3) is 3.43. The summed E-state index contributed by atoms with van der Waals surface area (Å²) in [6.07, 6.45) is 5.56. The van der Waals surface area contributed by atoms with Gasteiger partial charge in [0.05, 0.1) is 0 Å². The van der Waals surface area contributed by atoms with Crippen LogP contribution in [0.2, 0.25) is 0 Å². The lowest BCUT2D eigenvalue weighted by molar-refractivity contribution is -0.133. The highest BCUT2D eigenvalue weighted by Gasteiger charge is 2.35. The van der Waals surface area contributed by atoms with E-state index in [9.17, 15) is 4.79 Å². The molecule has 0 radical (unpaired) electrons. The van der Waals surface area contributed by atoms with Gasteiger partial charge in [-0.2, -0.15) is 0 Å². The molecule has 0 aliphatic carbocycles. The Balaban J connectivity index is 2.14. The summed E-state index contributed by atoms with van der Waals surface area (Å²) < 4.78 is 0. The second-order valence-electron chi connectivity index (χ2n) is 6.05. The van der Waals surface area contributed by atoms with Crippen LogP contribution in [-0.2, 0) is 4.79 Å². The highest BCUT2D eigenvalue weighted by Crippen LogP contribution is 2.25. The Labute approximate surface area is 114 Å². The van der Waals surface area contributed by atoms with Gasteiger partial charge in [-0.25, -0.2) is 9.97 Å². The van der Waals surface area contributed by atoms with Crippen molar-refractivity contribution in [2.45, 2.75) is 39.7 Å². The number of hydrogen-bond acceptors (Lipinski definition) is 4. The van der Waals surface area contributed by atoms with E-state index in [0.29, 0.717) is 5.95 Å². The first-order valence-electron chi connectivity index (χ1n) is 6.81. The average Bonchev–Trinajstić information content (AvgIpc) is 2.89. The lowest BCUT2D eigenvalue weighted by atomic mass is 9.86. The highest BCUT2D eigenvalue weighted by atomic mass is 16.2. The van der Waals surface area contributed by atoms with Crippen molar-refractivity contribution in [3.63, 3.8) is 0 Å². The molecule has 1 unspecified atom stereocenters. The Hall–Kier alpha value is -1.65. The maximum Gasteiger partial charge on any atom is 0.245 e. The molecule has 19 heavy (non-hydrogen) atoms. The van der Waals surface area contributed by atoms with Crippen LogP contribution in [-0.4, -0.2) is 39.9 Å². The Kier molecular flexibility index (Phi) is 4.02. The molecule has 5 heteroatoms. The van der Waals surface area contributed by atoms with Crippen molar-refractivity contribution in [2.75, 3.05) is 18.4 Å². The van der Waals surface area contributed by atoms with E-state index >= 15 is 0 Å². The molecule has 2 heterocycles. The van der Waals surface area contributed by atoms with Gasteiger partial charge in [-0.15, -0.1) is 0 Å². The fourth-order valence-electron chi connectivity index (χ4n) is 2.27. The molecule has 5 nitrogen and oxygen atoms in total. The second-order valence-corrected chi connectivity index (χ2v) is 6.05. The van der Waals surface area contributed by atoms with Gasteiger partial charge in [0.2, 0.25) is 11.9 Å². The second kappa shape index (κ2) is 5.55. The van der Waals surface area contributed by atoms with E-state index in [2.05, 4.69) is 36.1 Å². The third-order valence-electron chi connectivity index (χ3n) is 3.37. The lowest BCUT2D eigenvalue weighted by Gasteiger charge is -2.33. The molecule has 1 atom stereocenters. The van der Waals surface area contributed by atoms with E-state index in [4.69, 9.17) is 0 Å². The van der Waals surface area contributed by atoms with Gasteiger partial charge in [0.15, 0.2) is 0 Å². The number of nitrogens with one attached hydrogen (secondary N) is 1. The number of carbonyl (C=O) groups excluding carboxylic acids is 1. The van der Waals surface area contributed by atoms with Crippen molar-refractivity contribution in [2.24, 2.45) is 5.41 Å². The number of carbonyl (C=O) groups is 1. The molecule has 1 saturated heterocycles. The molecule has 1 aliphatic rings. The number of aromatic nitrogens is 2. The van der Waals surface area contributed by atoms with Crippen LogP contribution < -0.4 is 5.32 Å². The van der Waals surface area contributed by atoms with Crippen LogP contribution in [0.4, 0.5) is 5.95 Å². The highest BCUT2D eigenvalue weighted by molar-refractivity contribution is 5.85. The van der Waals surface area contributed by atoms with Crippen molar-refractivity contribution < 1.29 is 4.79 Å². The van der Waals surface area contributed by atoms with Crippen molar-refractivity contribution >= 4 is 11.9 Å². The number of nitrogens with zero attached hydrogens (tertiary/aromatic N) is 3. The first-order valence-corrected chi connectivity index (χ1v) is 6.81.